The second-order valence-electron chi connectivity index (χ2n) is 8.19. The van der Waals surface area contributed by atoms with Gasteiger partial charge in [0.1, 0.15) is 5.82 Å². The summed E-state index contributed by atoms with van der Waals surface area (Å²) >= 11 is 3.41. The number of amides is 1. The van der Waals surface area contributed by atoms with E-state index in [4.69, 9.17) is 4.98 Å². The maximum absolute atomic E-state index is 12.5. The van der Waals surface area contributed by atoms with E-state index >= 15 is 0 Å². The van der Waals surface area contributed by atoms with Gasteiger partial charge in [0.25, 0.3) is 5.91 Å². The molecule has 1 N–H and O–H groups in total. The fraction of sp³-hybridized carbons (Fsp3) is 0.462. The van der Waals surface area contributed by atoms with Crippen LogP contribution < -0.4 is 5.32 Å². The maximum Gasteiger partial charge on any atom is 0.251 e. The summed E-state index contributed by atoms with van der Waals surface area (Å²) in [5, 5.41) is 3.03. The van der Waals surface area contributed by atoms with Gasteiger partial charge in [0.05, 0.1) is 17.6 Å². The second-order valence-corrected chi connectivity index (χ2v) is 9.10. The van der Waals surface area contributed by atoms with Crippen molar-refractivity contribution < 1.29 is 4.79 Å². The Kier molecular flexibility index (Phi) is 9.60. The maximum atomic E-state index is 12.5. The Hall–Kier alpha value is -2.14. The average Bonchev–Trinajstić information content (AvgIpc) is 3.14. The number of para-hydroxylation sites is 2. The number of fused-ring (bicyclic) bond motifs is 1. The van der Waals surface area contributed by atoms with Gasteiger partial charge in [-0.25, -0.2) is 4.98 Å². The first-order valence-electron chi connectivity index (χ1n) is 11.7. The molecule has 0 aliphatic carbocycles. The van der Waals surface area contributed by atoms with Gasteiger partial charge in [0.15, 0.2) is 0 Å². The Morgan fingerprint density at radius 3 is 2.26 bits per heavy atom. The SMILES string of the molecule is CCCCCCCCCCCn1c(CNC(=O)c2ccc(Br)cc2)nc2ccccc21. The Balaban J connectivity index is 1.53. The lowest BCUT2D eigenvalue weighted by atomic mass is 10.1. The number of benzene rings is 2. The van der Waals surface area contributed by atoms with Crippen LogP contribution in [-0.4, -0.2) is 15.5 Å². The molecule has 2 aromatic carbocycles. The average molecular weight is 484 g/mol. The topological polar surface area (TPSA) is 46.9 Å². The number of aryl methyl sites for hydroxylation is 1. The van der Waals surface area contributed by atoms with Crippen molar-refractivity contribution in [3.8, 4) is 0 Å². The molecule has 3 rings (SSSR count). The third-order valence-electron chi connectivity index (χ3n) is 5.73. The molecule has 1 amide bonds. The van der Waals surface area contributed by atoms with Crippen LogP contribution in [0.1, 0.15) is 80.9 Å². The largest absolute Gasteiger partial charge is 0.345 e. The molecule has 4 nitrogen and oxygen atoms in total. The molecule has 3 aromatic rings. The zero-order valence-electron chi connectivity index (χ0n) is 18.6. The van der Waals surface area contributed by atoms with E-state index in [2.05, 4.69) is 44.9 Å². The van der Waals surface area contributed by atoms with Crippen molar-refractivity contribution in [1.29, 1.82) is 0 Å². The summed E-state index contributed by atoms with van der Waals surface area (Å²) in [6.45, 7) is 3.64. The lowest BCUT2D eigenvalue weighted by molar-refractivity contribution is 0.0949. The van der Waals surface area contributed by atoms with Gasteiger partial charge >= 0.3 is 0 Å². The van der Waals surface area contributed by atoms with Crippen molar-refractivity contribution >= 4 is 32.9 Å². The molecule has 166 valence electrons. The standard InChI is InChI=1S/C26H34BrN3O/c1-2-3-4-5-6-7-8-9-12-19-30-24-14-11-10-13-23(24)29-25(30)20-28-26(31)21-15-17-22(27)18-16-21/h10-11,13-18H,2-9,12,19-20H2,1H3,(H,28,31). The molecule has 31 heavy (non-hydrogen) atoms. The van der Waals surface area contributed by atoms with Crippen LogP contribution in [0.5, 0.6) is 0 Å². The normalized spacial score (nSPS) is 11.2. The summed E-state index contributed by atoms with van der Waals surface area (Å²) in [7, 11) is 0. The predicted octanol–water partition coefficient (Wildman–Crippen LogP) is 7.26. The van der Waals surface area contributed by atoms with Crippen LogP contribution >= 0.6 is 15.9 Å². The molecule has 0 spiro atoms. The number of aromatic nitrogens is 2. The van der Waals surface area contributed by atoms with E-state index in [0.29, 0.717) is 12.1 Å². The number of carbonyl (C=O) groups is 1. The van der Waals surface area contributed by atoms with Gasteiger partial charge in [0, 0.05) is 16.6 Å². The number of nitrogens with one attached hydrogen (secondary N) is 1. The Bertz CT molecular complexity index is 949. The van der Waals surface area contributed by atoms with Crippen LogP contribution in [0.25, 0.3) is 11.0 Å². The first-order chi connectivity index (χ1) is 15.2. The molecule has 0 saturated heterocycles. The van der Waals surface area contributed by atoms with E-state index in [1.165, 1.54) is 51.4 Å². The summed E-state index contributed by atoms with van der Waals surface area (Å²) in [6, 6.07) is 15.7. The highest BCUT2D eigenvalue weighted by molar-refractivity contribution is 9.10. The summed E-state index contributed by atoms with van der Waals surface area (Å²) in [4.78, 5) is 17.3. The molecular weight excluding hydrogens is 450 g/mol. The minimum Gasteiger partial charge on any atom is -0.345 e. The molecular formula is C26H34BrN3O. The molecule has 1 heterocycles. The number of halogens is 1. The van der Waals surface area contributed by atoms with Gasteiger partial charge in [0.2, 0.25) is 0 Å². The molecule has 0 unspecified atom stereocenters. The molecule has 1 aromatic heterocycles. The highest BCUT2D eigenvalue weighted by Crippen LogP contribution is 2.18. The highest BCUT2D eigenvalue weighted by Gasteiger charge is 2.12. The summed E-state index contributed by atoms with van der Waals surface area (Å²) in [5.41, 5.74) is 2.80. The zero-order valence-corrected chi connectivity index (χ0v) is 20.2. The Morgan fingerprint density at radius 1 is 0.903 bits per heavy atom. The van der Waals surface area contributed by atoms with Gasteiger partial charge < -0.3 is 9.88 Å². The fourth-order valence-electron chi connectivity index (χ4n) is 3.95. The van der Waals surface area contributed by atoms with Crippen LogP contribution in [0.2, 0.25) is 0 Å². The summed E-state index contributed by atoms with van der Waals surface area (Å²) in [6.07, 6.45) is 11.8. The lowest BCUT2D eigenvalue weighted by Crippen LogP contribution is -2.24. The van der Waals surface area contributed by atoms with E-state index in [9.17, 15) is 4.79 Å². The number of nitrogens with zero attached hydrogens (tertiary/aromatic N) is 2. The molecule has 0 saturated carbocycles. The number of unbranched alkanes of at least 4 members (excludes halogenated alkanes) is 8. The third-order valence-corrected chi connectivity index (χ3v) is 6.26. The number of hydrogen-bond donors (Lipinski definition) is 1. The van der Waals surface area contributed by atoms with Crippen molar-refractivity contribution in [3.63, 3.8) is 0 Å². The quantitative estimate of drug-likeness (QED) is 0.260. The Labute approximate surface area is 194 Å². The van der Waals surface area contributed by atoms with Gasteiger partial charge in [-0.1, -0.05) is 86.4 Å². The van der Waals surface area contributed by atoms with Gasteiger partial charge in [-0.05, 0) is 42.8 Å². The van der Waals surface area contributed by atoms with Crippen molar-refractivity contribution in [2.24, 2.45) is 0 Å². The van der Waals surface area contributed by atoms with Gasteiger partial charge in [-0.2, -0.15) is 0 Å². The fourth-order valence-corrected chi connectivity index (χ4v) is 4.22. The van der Waals surface area contributed by atoms with E-state index in [1.807, 2.05) is 36.4 Å². The van der Waals surface area contributed by atoms with Gasteiger partial charge in [-0.15, -0.1) is 0 Å². The van der Waals surface area contributed by atoms with E-state index in [-0.39, 0.29) is 5.91 Å². The molecule has 0 radical (unpaired) electrons. The van der Waals surface area contributed by atoms with Crippen molar-refractivity contribution in [2.75, 3.05) is 0 Å². The number of rotatable bonds is 13. The summed E-state index contributed by atoms with van der Waals surface area (Å²) in [5.74, 6) is 0.848. The van der Waals surface area contributed by atoms with E-state index in [0.717, 1.165) is 34.3 Å². The van der Waals surface area contributed by atoms with Crippen LogP contribution in [0, 0.1) is 0 Å². The first kappa shape index (κ1) is 23.5. The van der Waals surface area contributed by atoms with E-state index in [1.54, 1.807) is 0 Å². The van der Waals surface area contributed by atoms with Crippen LogP contribution in [-0.2, 0) is 13.1 Å². The number of hydrogen-bond acceptors (Lipinski definition) is 2. The number of carbonyl (C=O) groups excluding carboxylic acids is 1. The van der Waals surface area contributed by atoms with Crippen LogP contribution in [0.3, 0.4) is 0 Å². The molecule has 0 aliphatic heterocycles. The summed E-state index contributed by atoms with van der Waals surface area (Å²) < 4.78 is 3.24. The predicted molar refractivity (Wildman–Crippen MR) is 132 cm³/mol. The van der Waals surface area contributed by atoms with Crippen molar-refractivity contribution in [3.05, 3.63) is 64.4 Å². The molecule has 0 bridgehead atoms. The van der Waals surface area contributed by atoms with Crippen molar-refractivity contribution in [2.45, 2.75) is 77.8 Å². The highest BCUT2D eigenvalue weighted by atomic mass is 79.9. The number of imidazole rings is 1. The monoisotopic (exact) mass is 483 g/mol. The van der Waals surface area contributed by atoms with Gasteiger partial charge in [-0.3, -0.25) is 4.79 Å². The molecule has 0 fully saturated rings. The van der Waals surface area contributed by atoms with Crippen LogP contribution in [0.4, 0.5) is 0 Å². The molecule has 0 atom stereocenters. The first-order valence-corrected chi connectivity index (χ1v) is 12.5. The lowest BCUT2D eigenvalue weighted by Gasteiger charge is -2.10. The molecule has 5 heteroatoms. The third kappa shape index (κ3) is 7.20. The van der Waals surface area contributed by atoms with Crippen LogP contribution in [0.15, 0.2) is 53.0 Å². The Morgan fingerprint density at radius 2 is 1.55 bits per heavy atom. The minimum atomic E-state index is -0.0748. The minimum absolute atomic E-state index is 0.0748. The smallest absolute Gasteiger partial charge is 0.251 e. The van der Waals surface area contributed by atoms with E-state index < -0.39 is 0 Å². The van der Waals surface area contributed by atoms with Crippen molar-refractivity contribution in [1.82, 2.24) is 14.9 Å². The molecule has 0 aliphatic rings. The second kappa shape index (κ2) is 12.7. The zero-order chi connectivity index (χ0) is 21.9.